The van der Waals surface area contributed by atoms with Crippen LogP contribution in [0.1, 0.15) is 29.5 Å². The van der Waals surface area contributed by atoms with E-state index in [-0.39, 0.29) is 11.8 Å². The van der Waals surface area contributed by atoms with Crippen molar-refractivity contribution in [3.05, 3.63) is 95.6 Å². The summed E-state index contributed by atoms with van der Waals surface area (Å²) < 4.78 is 0. The Morgan fingerprint density at radius 2 is 1.52 bits per heavy atom. The fourth-order valence-electron chi connectivity index (χ4n) is 3.11. The zero-order chi connectivity index (χ0) is 19.1. The van der Waals surface area contributed by atoms with Gasteiger partial charge >= 0.3 is 0 Å². The fourth-order valence-corrected chi connectivity index (χ4v) is 3.91. The number of carbonyl (C=O) groups is 1. The molecule has 137 valence electrons. The quantitative estimate of drug-likeness (QED) is 0.358. The van der Waals surface area contributed by atoms with Gasteiger partial charge in [0.05, 0.1) is 5.69 Å². The fraction of sp³-hybridized carbons (Fsp3) is 0.174. The molecule has 0 spiro atoms. The van der Waals surface area contributed by atoms with E-state index in [9.17, 15) is 4.79 Å². The lowest BCUT2D eigenvalue weighted by Crippen LogP contribution is -2.22. The van der Waals surface area contributed by atoms with Crippen LogP contribution in [-0.2, 0) is 4.79 Å². The van der Waals surface area contributed by atoms with Crippen LogP contribution in [0.2, 0.25) is 0 Å². The topological polar surface area (TPSA) is 52.9 Å². The minimum absolute atomic E-state index is 0.0226. The van der Waals surface area contributed by atoms with E-state index in [0.29, 0.717) is 12.2 Å². The van der Waals surface area contributed by atoms with E-state index in [4.69, 9.17) is 5.73 Å². The number of benzene rings is 3. The number of nitrogens with one attached hydrogen (secondary N) is 2. The smallest absolute Gasteiger partial charge is 0.216 e. The maximum absolute atomic E-state index is 11.0. The molecule has 2 N–H and O–H groups in total. The molecule has 3 aromatic rings. The monoisotopic (exact) mass is 375 g/mol. The molecule has 0 heterocycles. The van der Waals surface area contributed by atoms with Crippen molar-refractivity contribution in [1.82, 2.24) is 11.1 Å². The molecule has 1 radical (unpaired) electrons. The van der Waals surface area contributed by atoms with Crippen LogP contribution in [0.5, 0.6) is 0 Å². The van der Waals surface area contributed by atoms with E-state index < -0.39 is 0 Å². The minimum Gasteiger partial charge on any atom is -0.356 e. The molecule has 0 unspecified atom stereocenters. The SMILES string of the molecule is CC(=O)NCCSc1ccc(C(c2ccccc2)c2ccccc2)cc1[NH]. The molecule has 1 amide bonds. The first-order valence-corrected chi connectivity index (χ1v) is 9.96. The van der Waals surface area contributed by atoms with Crippen molar-refractivity contribution in [3.8, 4) is 0 Å². The molecular weight excluding hydrogens is 352 g/mol. The molecule has 27 heavy (non-hydrogen) atoms. The van der Waals surface area contributed by atoms with Crippen LogP contribution in [0.3, 0.4) is 0 Å². The molecule has 3 nitrogen and oxygen atoms in total. The van der Waals surface area contributed by atoms with Crippen LogP contribution in [0.15, 0.2) is 83.8 Å². The van der Waals surface area contributed by atoms with E-state index in [2.05, 4.69) is 59.9 Å². The third-order valence-corrected chi connectivity index (χ3v) is 5.41. The summed E-state index contributed by atoms with van der Waals surface area (Å²) in [5.74, 6) is 0.839. The van der Waals surface area contributed by atoms with Gasteiger partial charge in [0.15, 0.2) is 0 Å². The molecule has 0 aliphatic heterocycles. The zero-order valence-corrected chi connectivity index (χ0v) is 16.1. The van der Waals surface area contributed by atoms with Crippen LogP contribution >= 0.6 is 11.8 Å². The van der Waals surface area contributed by atoms with Gasteiger partial charge in [-0.15, -0.1) is 11.8 Å². The average molecular weight is 376 g/mol. The molecule has 0 bridgehead atoms. The van der Waals surface area contributed by atoms with Gasteiger partial charge in [-0.2, -0.15) is 0 Å². The summed E-state index contributed by atoms with van der Waals surface area (Å²) >= 11 is 1.60. The maximum Gasteiger partial charge on any atom is 0.216 e. The highest BCUT2D eigenvalue weighted by molar-refractivity contribution is 7.99. The first-order chi connectivity index (χ1) is 13.1. The number of hydrogen-bond donors (Lipinski definition) is 1. The normalized spacial score (nSPS) is 10.7. The molecule has 0 fully saturated rings. The summed E-state index contributed by atoms with van der Waals surface area (Å²) in [6.07, 6.45) is 0. The van der Waals surface area contributed by atoms with Gasteiger partial charge in [0.25, 0.3) is 0 Å². The van der Waals surface area contributed by atoms with Crippen LogP contribution in [0, 0.1) is 0 Å². The van der Waals surface area contributed by atoms with Crippen molar-refractivity contribution in [2.45, 2.75) is 17.7 Å². The van der Waals surface area contributed by atoms with Crippen LogP contribution in [0.25, 0.3) is 0 Å². The molecule has 0 aromatic heterocycles. The van der Waals surface area contributed by atoms with Gasteiger partial charge in [-0.1, -0.05) is 66.7 Å². The molecule has 0 saturated heterocycles. The second-order valence-electron chi connectivity index (χ2n) is 6.34. The van der Waals surface area contributed by atoms with Crippen molar-refractivity contribution in [2.24, 2.45) is 0 Å². The number of hydrogen-bond acceptors (Lipinski definition) is 2. The predicted molar refractivity (Wildman–Crippen MR) is 112 cm³/mol. The number of thioether (sulfide) groups is 1. The Kier molecular flexibility index (Phi) is 6.55. The van der Waals surface area contributed by atoms with Gasteiger partial charge in [-0.05, 0) is 28.8 Å². The van der Waals surface area contributed by atoms with E-state index in [0.717, 1.165) is 16.2 Å². The lowest BCUT2D eigenvalue weighted by Gasteiger charge is -2.20. The van der Waals surface area contributed by atoms with Gasteiger partial charge in [0.1, 0.15) is 0 Å². The summed E-state index contributed by atoms with van der Waals surface area (Å²) in [5, 5.41) is 2.79. The molecule has 4 heteroatoms. The summed E-state index contributed by atoms with van der Waals surface area (Å²) in [6, 6.07) is 26.9. The number of amides is 1. The maximum atomic E-state index is 11.0. The van der Waals surface area contributed by atoms with E-state index in [1.54, 1.807) is 11.8 Å². The molecule has 0 aliphatic carbocycles. The minimum atomic E-state index is -0.0226. The van der Waals surface area contributed by atoms with Gasteiger partial charge < -0.3 is 5.32 Å². The predicted octanol–water partition coefficient (Wildman–Crippen LogP) is 5.01. The van der Waals surface area contributed by atoms with E-state index in [1.165, 1.54) is 18.1 Å². The number of carbonyl (C=O) groups excluding carboxylic acids is 1. The summed E-state index contributed by atoms with van der Waals surface area (Å²) in [4.78, 5) is 11.9. The van der Waals surface area contributed by atoms with Gasteiger partial charge in [-0.3, -0.25) is 10.5 Å². The Morgan fingerprint density at radius 1 is 0.926 bits per heavy atom. The van der Waals surface area contributed by atoms with Crippen LogP contribution < -0.4 is 11.1 Å². The van der Waals surface area contributed by atoms with E-state index >= 15 is 0 Å². The van der Waals surface area contributed by atoms with Crippen molar-refractivity contribution in [2.75, 3.05) is 12.3 Å². The largest absolute Gasteiger partial charge is 0.356 e. The molecular formula is C23H23N2OS. The molecule has 0 aliphatic rings. The highest BCUT2D eigenvalue weighted by Gasteiger charge is 2.17. The van der Waals surface area contributed by atoms with Crippen molar-refractivity contribution >= 4 is 23.4 Å². The standard InChI is InChI=1S/C23H23N2OS/c1-17(26)25-14-15-27-22-13-12-20(16-21(22)24)23(18-8-4-2-5-9-18)19-10-6-3-7-11-19/h2-13,16,23-24H,14-15H2,1H3,(H,25,26). The van der Waals surface area contributed by atoms with Crippen molar-refractivity contribution in [3.63, 3.8) is 0 Å². The Hall–Kier alpha value is -2.72. The first kappa shape index (κ1) is 19.1. The van der Waals surface area contributed by atoms with E-state index in [1.807, 2.05) is 24.3 Å². The summed E-state index contributed by atoms with van der Waals surface area (Å²) in [7, 11) is 0. The lowest BCUT2D eigenvalue weighted by molar-refractivity contribution is -0.118. The Bertz CT molecular complexity index is 842. The molecule has 3 aromatic carbocycles. The van der Waals surface area contributed by atoms with Crippen LogP contribution in [-0.4, -0.2) is 18.2 Å². The average Bonchev–Trinajstić information content (AvgIpc) is 2.68. The molecule has 0 atom stereocenters. The summed E-state index contributed by atoms with van der Waals surface area (Å²) in [5.41, 5.74) is 12.5. The zero-order valence-electron chi connectivity index (χ0n) is 15.3. The third-order valence-electron chi connectivity index (χ3n) is 4.34. The van der Waals surface area contributed by atoms with Crippen molar-refractivity contribution in [1.29, 1.82) is 0 Å². The van der Waals surface area contributed by atoms with Crippen molar-refractivity contribution < 1.29 is 4.79 Å². The second-order valence-corrected chi connectivity index (χ2v) is 7.48. The lowest BCUT2D eigenvalue weighted by atomic mass is 9.85. The highest BCUT2D eigenvalue weighted by Crippen LogP contribution is 2.35. The highest BCUT2D eigenvalue weighted by atomic mass is 32.2. The molecule has 3 rings (SSSR count). The molecule has 0 saturated carbocycles. The Labute approximate surface area is 165 Å². The van der Waals surface area contributed by atoms with Crippen LogP contribution in [0.4, 0.5) is 5.69 Å². The third kappa shape index (κ3) is 5.14. The summed E-state index contributed by atoms with van der Waals surface area (Å²) in [6.45, 7) is 2.13. The number of rotatable bonds is 7. The van der Waals surface area contributed by atoms with Gasteiger partial charge in [0.2, 0.25) is 5.91 Å². The Morgan fingerprint density at radius 3 is 2.04 bits per heavy atom. The van der Waals surface area contributed by atoms with Gasteiger partial charge in [-0.25, -0.2) is 0 Å². The first-order valence-electron chi connectivity index (χ1n) is 8.98. The second kappa shape index (κ2) is 9.28. The van der Waals surface area contributed by atoms with Gasteiger partial charge in [0, 0.05) is 30.0 Å². The Balaban J connectivity index is 1.85.